The zero-order chi connectivity index (χ0) is 15.9. The van der Waals surface area contributed by atoms with Gasteiger partial charge in [-0.3, -0.25) is 0 Å². The lowest BCUT2D eigenvalue weighted by atomic mass is 10.2. The summed E-state index contributed by atoms with van der Waals surface area (Å²) in [7, 11) is 5.63. The van der Waals surface area contributed by atoms with Gasteiger partial charge in [-0.25, -0.2) is 4.79 Å². The van der Waals surface area contributed by atoms with Gasteiger partial charge in [0.05, 0.1) is 17.8 Å². The van der Waals surface area contributed by atoms with E-state index in [-0.39, 0.29) is 6.03 Å². The molecule has 6 nitrogen and oxygen atoms in total. The Morgan fingerprint density at radius 1 is 1.32 bits per heavy atom. The molecule has 0 bridgehead atoms. The second-order valence-electron chi connectivity index (χ2n) is 5.43. The maximum absolute atomic E-state index is 12.0. The van der Waals surface area contributed by atoms with E-state index in [9.17, 15) is 4.79 Å². The molecule has 2 N–H and O–H groups in total. The molecule has 0 fully saturated rings. The third-order valence-electron chi connectivity index (χ3n) is 3.42. The minimum absolute atomic E-state index is 0.184. The molecule has 1 aromatic heterocycles. The molecule has 0 saturated carbocycles. The third-order valence-corrected chi connectivity index (χ3v) is 3.42. The maximum Gasteiger partial charge on any atom is 0.319 e. The van der Waals surface area contributed by atoms with Crippen molar-refractivity contribution >= 4 is 22.6 Å². The van der Waals surface area contributed by atoms with Gasteiger partial charge in [-0.2, -0.15) is 0 Å². The molecular weight excluding hydrogens is 280 g/mol. The number of carbonyl (C=O) groups excluding carboxylic acids is 1. The van der Waals surface area contributed by atoms with Crippen LogP contribution in [0.3, 0.4) is 0 Å². The van der Waals surface area contributed by atoms with Crippen molar-refractivity contribution in [2.45, 2.75) is 6.54 Å². The molecule has 1 aromatic carbocycles. The highest BCUT2D eigenvalue weighted by molar-refractivity contribution is 6.01. The van der Waals surface area contributed by atoms with Gasteiger partial charge < -0.3 is 24.8 Å². The number of carbonyl (C=O) groups is 1. The van der Waals surface area contributed by atoms with Crippen LogP contribution in [0.5, 0.6) is 0 Å². The Labute approximate surface area is 131 Å². The standard InChI is InChI=1S/C16H24N4O2/c1-19(2)9-8-17-16(21)18-14-12-20(10-11-22-3)15-7-5-4-6-13(14)15/h4-7,12H,8-11H2,1-3H3,(H2,17,18,21). The van der Waals surface area contributed by atoms with Crippen molar-refractivity contribution in [1.29, 1.82) is 0 Å². The summed E-state index contributed by atoms with van der Waals surface area (Å²) in [5.74, 6) is 0. The maximum atomic E-state index is 12.0. The number of benzene rings is 1. The van der Waals surface area contributed by atoms with Crippen molar-refractivity contribution in [3.05, 3.63) is 30.5 Å². The number of ether oxygens (including phenoxy) is 1. The minimum atomic E-state index is -0.184. The second-order valence-corrected chi connectivity index (χ2v) is 5.43. The largest absolute Gasteiger partial charge is 0.383 e. The van der Waals surface area contributed by atoms with E-state index in [1.54, 1.807) is 7.11 Å². The van der Waals surface area contributed by atoms with E-state index in [1.165, 1.54) is 0 Å². The lowest BCUT2D eigenvalue weighted by Crippen LogP contribution is -2.34. The number of hydrogen-bond donors (Lipinski definition) is 2. The van der Waals surface area contributed by atoms with Crippen molar-refractivity contribution in [2.24, 2.45) is 0 Å². The van der Waals surface area contributed by atoms with Crippen molar-refractivity contribution in [3.8, 4) is 0 Å². The number of rotatable bonds is 7. The number of para-hydroxylation sites is 1. The number of urea groups is 1. The van der Waals surface area contributed by atoms with Crippen molar-refractivity contribution in [1.82, 2.24) is 14.8 Å². The molecule has 0 atom stereocenters. The second kappa shape index (κ2) is 7.82. The summed E-state index contributed by atoms with van der Waals surface area (Å²) in [6.45, 7) is 2.80. The predicted molar refractivity (Wildman–Crippen MR) is 89.4 cm³/mol. The summed E-state index contributed by atoms with van der Waals surface area (Å²) < 4.78 is 7.23. The van der Waals surface area contributed by atoms with Gasteiger partial charge in [0, 0.05) is 38.3 Å². The van der Waals surface area contributed by atoms with Gasteiger partial charge in [0.1, 0.15) is 0 Å². The molecular formula is C16H24N4O2. The summed E-state index contributed by atoms with van der Waals surface area (Å²) in [6.07, 6.45) is 1.95. The smallest absolute Gasteiger partial charge is 0.319 e. The normalized spacial score (nSPS) is 11.1. The Kier molecular flexibility index (Phi) is 5.80. The molecule has 2 rings (SSSR count). The molecule has 0 spiro atoms. The first-order valence-electron chi connectivity index (χ1n) is 7.38. The van der Waals surface area contributed by atoms with Crippen LogP contribution >= 0.6 is 0 Å². The van der Waals surface area contributed by atoms with Gasteiger partial charge in [-0.1, -0.05) is 18.2 Å². The Hall–Kier alpha value is -2.05. The van der Waals surface area contributed by atoms with E-state index >= 15 is 0 Å². The minimum Gasteiger partial charge on any atom is -0.383 e. The lowest BCUT2D eigenvalue weighted by molar-refractivity contribution is 0.188. The molecule has 0 saturated heterocycles. The summed E-state index contributed by atoms with van der Waals surface area (Å²) in [4.78, 5) is 14.0. The van der Waals surface area contributed by atoms with Crippen LogP contribution in [0, 0.1) is 0 Å². The van der Waals surface area contributed by atoms with Crippen LogP contribution < -0.4 is 10.6 Å². The number of fused-ring (bicyclic) bond motifs is 1. The Morgan fingerprint density at radius 2 is 2.09 bits per heavy atom. The van der Waals surface area contributed by atoms with Crippen LogP contribution in [0.1, 0.15) is 0 Å². The van der Waals surface area contributed by atoms with Crippen LogP contribution in [-0.2, 0) is 11.3 Å². The summed E-state index contributed by atoms with van der Waals surface area (Å²) in [5, 5.41) is 6.81. The van der Waals surface area contributed by atoms with E-state index in [1.807, 2.05) is 49.5 Å². The number of likely N-dealkylation sites (N-methyl/N-ethyl adjacent to an activating group) is 1. The monoisotopic (exact) mass is 304 g/mol. The number of anilines is 1. The van der Waals surface area contributed by atoms with Gasteiger partial charge in [0.25, 0.3) is 0 Å². The van der Waals surface area contributed by atoms with Gasteiger partial charge in [-0.05, 0) is 20.2 Å². The van der Waals surface area contributed by atoms with E-state index in [0.717, 1.165) is 29.7 Å². The van der Waals surface area contributed by atoms with Gasteiger partial charge in [0.2, 0.25) is 0 Å². The fourth-order valence-corrected chi connectivity index (χ4v) is 2.28. The van der Waals surface area contributed by atoms with Gasteiger partial charge >= 0.3 is 6.03 Å². The van der Waals surface area contributed by atoms with Crippen LogP contribution in [0.2, 0.25) is 0 Å². The Morgan fingerprint density at radius 3 is 2.82 bits per heavy atom. The molecule has 6 heteroatoms. The van der Waals surface area contributed by atoms with Crippen LogP contribution in [0.25, 0.3) is 10.9 Å². The van der Waals surface area contributed by atoms with E-state index in [4.69, 9.17) is 4.74 Å². The molecule has 0 radical (unpaired) electrons. The average molecular weight is 304 g/mol. The molecule has 22 heavy (non-hydrogen) atoms. The topological polar surface area (TPSA) is 58.5 Å². The molecule has 0 aliphatic rings. The van der Waals surface area contributed by atoms with Crippen LogP contribution in [0.4, 0.5) is 10.5 Å². The molecule has 0 aliphatic carbocycles. The molecule has 0 unspecified atom stereocenters. The summed E-state index contributed by atoms with van der Waals surface area (Å²) >= 11 is 0. The highest BCUT2D eigenvalue weighted by Gasteiger charge is 2.10. The van der Waals surface area contributed by atoms with E-state index < -0.39 is 0 Å². The third kappa shape index (κ3) is 4.22. The Bertz CT molecular complexity index is 622. The predicted octanol–water partition coefficient (Wildman–Crippen LogP) is 1.97. The molecule has 0 aliphatic heterocycles. The van der Waals surface area contributed by atoms with Crippen molar-refractivity contribution in [3.63, 3.8) is 0 Å². The number of nitrogens with zero attached hydrogens (tertiary/aromatic N) is 2. The molecule has 120 valence electrons. The fraction of sp³-hybridized carbons (Fsp3) is 0.438. The summed E-state index contributed by atoms with van der Waals surface area (Å²) in [6, 6.07) is 7.83. The zero-order valence-electron chi connectivity index (χ0n) is 13.4. The van der Waals surface area contributed by atoms with Gasteiger partial charge in [0.15, 0.2) is 0 Å². The lowest BCUT2D eigenvalue weighted by Gasteiger charge is -2.10. The number of methoxy groups -OCH3 is 1. The van der Waals surface area contributed by atoms with E-state index in [0.29, 0.717) is 13.2 Å². The quantitative estimate of drug-likeness (QED) is 0.822. The van der Waals surface area contributed by atoms with Crippen molar-refractivity contribution < 1.29 is 9.53 Å². The van der Waals surface area contributed by atoms with E-state index in [2.05, 4.69) is 15.2 Å². The van der Waals surface area contributed by atoms with Crippen molar-refractivity contribution in [2.75, 3.05) is 46.2 Å². The molecule has 1 heterocycles. The first kappa shape index (κ1) is 16.3. The molecule has 2 amide bonds. The Balaban J connectivity index is 2.08. The zero-order valence-corrected chi connectivity index (χ0v) is 13.4. The number of amides is 2. The SMILES string of the molecule is COCCn1cc(NC(=O)NCCN(C)C)c2ccccc21. The van der Waals surface area contributed by atoms with Crippen LogP contribution in [-0.4, -0.2) is 56.4 Å². The highest BCUT2D eigenvalue weighted by atomic mass is 16.5. The number of nitrogens with one attached hydrogen (secondary N) is 2. The molecule has 2 aromatic rings. The summed E-state index contributed by atoms with van der Waals surface area (Å²) in [5.41, 5.74) is 1.90. The number of aromatic nitrogens is 1. The number of hydrogen-bond acceptors (Lipinski definition) is 3. The highest BCUT2D eigenvalue weighted by Crippen LogP contribution is 2.25. The first-order chi connectivity index (χ1) is 10.6. The van der Waals surface area contributed by atoms with Crippen LogP contribution in [0.15, 0.2) is 30.5 Å². The first-order valence-corrected chi connectivity index (χ1v) is 7.38. The fourth-order valence-electron chi connectivity index (χ4n) is 2.28. The van der Waals surface area contributed by atoms with Gasteiger partial charge in [-0.15, -0.1) is 0 Å². The average Bonchev–Trinajstić information content (AvgIpc) is 2.83.